The zero-order chi connectivity index (χ0) is 15.2. The molecule has 2 N–H and O–H groups in total. The minimum Gasteiger partial charge on any atom is -0.449 e. The Kier molecular flexibility index (Phi) is 6.80. The second kappa shape index (κ2) is 7.87. The molecule has 1 amide bonds. The van der Waals surface area contributed by atoms with Crippen molar-refractivity contribution in [2.24, 2.45) is 17.6 Å². The van der Waals surface area contributed by atoms with Gasteiger partial charge >= 0.3 is 6.09 Å². The number of amides is 1. The molecule has 20 heavy (non-hydrogen) atoms. The number of rotatable bonds is 6. The van der Waals surface area contributed by atoms with Gasteiger partial charge in [0, 0.05) is 13.1 Å². The van der Waals surface area contributed by atoms with Crippen LogP contribution in [0.3, 0.4) is 0 Å². The van der Waals surface area contributed by atoms with Gasteiger partial charge in [0.15, 0.2) is 0 Å². The summed E-state index contributed by atoms with van der Waals surface area (Å²) in [6.07, 6.45) is 5.15. The second-order valence-corrected chi connectivity index (χ2v) is 6.75. The van der Waals surface area contributed by atoms with Crippen LogP contribution in [0.4, 0.5) is 4.79 Å². The molecule has 118 valence electrons. The Balaban J connectivity index is 2.82. The molecule has 0 saturated heterocycles. The first-order valence-electron chi connectivity index (χ1n) is 8.09. The SMILES string of the molecule is CCCN(C(=O)OCC(C)C)C1(CN)CCCC(C)C1. The van der Waals surface area contributed by atoms with Crippen molar-refractivity contribution in [3.8, 4) is 0 Å². The fraction of sp³-hybridized carbons (Fsp3) is 0.938. The number of carbonyl (C=O) groups excluding carboxylic acids is 1. The molecule has 0 spiro atoms. The highest BCUT2D eigenvalue weighted by Crippen LogP contribution is 2.36. The fourth-order valence-corrected chi connectivity index (χ4v) is 3.23. The van der Waals surface area contributed by atoms with Gasteiger partial charge in [0.2, 0.25) is 0 Å². The summed E-state index contributed by atoms with van der Waals surface area (Å²) in [4.78, 5) is 14.4. The van der Waals surface area contributed by atoms with E-state index in [1.54, 1.807) is 0 Å². The third kappa shape index (κ3) is 4.37. The van der Waals surface area contributed by atoms with Crippen LogP contribution in [0.15, 0.2) is 0 Å². The van der Waals surface area contributed by atoms with Crippen molar-refractivity contribution in [2.75, 3.05) is 19.7 Å². The number of carbonyl (C=O) groups is 1. The van der Waals surface area contributed by atoms with Crippen LogP contribution >= 0.6 is 0 Å². The van der Waals surface area contributed by atoms with E-state index in [2.05, 4.69) is 27.7 Å². The summed E-state index contributed by atoms with van der Waals surface area (Å²) in [5, 5.41) is 0. The van der Waals surface area contributed by atoms with Gasteiger partial charge in [-0.3, -0.25) is 0 Å². The molecule has 0 aromatic carbocycles. The number of ether oxygens (including phenoxy) is 1. The van der Waals surface area contributed by atoms with Gasteiger partial charge in [0.25, 0.3) is 0 Å². The molecule has 0 aliphatic heterocycles. The number of hydrogen-bond donors (Lipinski definition) is 1. The number of nitrogens with zero attached hydrogens (tertiary/aromatic N) is 1. The van der Waals surface area contributed by atoms with Gasteiger partial charge in [0.1, 0.15) is 0 Å². The van der Waals surface area contributed by atoms with Crippen LogP contribution in [0.1, 0.15) is 59.8 Å². The topological polar surface area (TPSA) is 55.6 Å². The summed E-state index contributed by atoms with van der Waals surface area (Å²) in [7, 11) is 0. The molecule has 0 radical (unpaired) electrons. The molecule has 1 aliphatic carbocycles. The molecule has 0 aromatic heterocycles. The maximum atomic E-state index is 12.5. The predicted molar refractivity (Wildman–Crippen MR) is 82.6 cm³/mol. The summed E-state index contributed by atoms with van der Waals surface area (Å²) in [5.41, 5.74) is 5.88. The van der Waals surface area contributed by atoms with E-state index < -0.39 is 0 Å². The normalized spacial score (nSPS) is 26.6. The van der Waals surface area contributed by atoms with Gasteiger partial charge in [-0.2, -0.15) is 0 Å². The van der Waals surface area contributed by atoms with Crippen LogP contribution in [-0.4, -0.2) is 36.2 Å². The summed E-state index contributed by atoms with van der Waals surface area (Å²) in [5.74, 6) is 0.992. The Hall–Kier alpha value is -0.770. The van der Waals surface area contributed by atoms with Crippen LogP contribution < -0.4 is 5.73 Å². The van der Waals surface area contributed by atoms with E-state index in [-0.39, 0.29) is 11.6 Å². The molecule has 2 unspecified atom stereocenters. The molecule has 0 heterocycles. The standard InChI is InChI=1S/C16H32N2O2/c1-5-9-18(15(19)20-11-13(2)3)16(12-17)8-6-7-14(4)10-16/h13-14H,5-12,17H2,1-4H3. The van der Waals surface area contributed by atoms with Crippen LogP contribution in [0.2, 0.25) is 0 Å². The molecule has 0 aromatic rings. The first kappa shape index (κ1) is 17.3. The Morgan fingerprint density at radius 2 is 2.20 bits per heavy atom. The second-order valence-electron chi connectivity index (χ2n) is 6.75. The lowest BCUT2D eigenvalue weighted by Crippen LogP contribution is -2.58. The highest BCUT2D eigenvalue weighted by atomic mass is 16.6. The summed E-state index contributed by atoms with van der Waals surface area (Å²) in [6, 6.07) is 0. The smallest absolute Gasteiger partial charge is 0.410 e. The molecule has 1 saturated carbocycles. The Morgan fingerprint density at radius 1 is 1.50 bits per heavy atom. The Morgan fingerprint density at radius 3 is 2.70 bits per heavy atom. The van der Waals surface area contributed by atoms with E-state index in [9.17, 15) is 4.79 Å². The molecule has 1 fully saturated rings. The van der Waals surface area contributed by atoms with Crippen LogP contribution in [0.25, 0.3) is 0 Å². The van der Waals surface area contributed by atoms with Crippen molar-refractivity contribution < 1.29 is 9.53 Å². The zero-order valence-electron chi connectivity index (χ0n) is 13.7. The zero-order valence-corrected chi connectivity index (χ0v) is 13.7. The van der Waals surface area contributed by atoms with E-state index >= 15 is 0 Å². The lowest BCUT2D eigenvalue weighted by Gasteiger charge is -2.47. The average Bonchev–Trinajstić information content (AvgIpc) is 2.42. The van der Waals surface area contributed by atoms with Crippen LogP contribution in [0.5, 0.6) is 0 Å². The van der Waals surface area contributed by atoms with Crippen molar-refractivity contribution in [3.63, 3.8) is 0 Å². The molecular weight excluding hydrogens is 252 g/mol. The average molecular weight is 284 g/mol. The van der Waals surface area contributed by atoms with Crippen molar-refractivity contribution in [1.29, 1.82) is 0 Å². The van der Waals surface area contributed by atoms with Crippen molar-refractivity contribution in [3.05, 3.63) is 0 Å². The van der Waals surface area contributed by atoms with Gasteiger partial charge in [-0.15, -0.1) is 0 Å². The summed E-state index contributed by atoms with van der Waals surface area (Å²) in [6.45, 7) is 10.2. The number of hydrogen-bond acceptors (Lipinski definition) is 3. The van der Waals surface area contributed by atoms with Crippen molar-refractivity contribution >= 4 is 6.09 Å². The van der Waals surface area contributed by atoms with Gasteiger partial charge in [-0.1, -0.05) is 40.5 Å². The molecule has 0 bridgehead atoms. The van der Waals surface area contributed by atoms with E-state index in [1.807, 2.05) is 4.90 Å². The van der Waals surface area contributed by atoms with E-state index in [1.165, 1.54) is 6.42 Å². The number of nitrogens with two attached hydrogens (primary N) is 1. The van der Waals surface area contributed by atoms with Crippen molar-refractivity contribution in [1.82, 2.24) is 4.90 Å². The lowest BCUT2D eigenvalue weighted by atomic mass is 9.75. The van der Waals surface area contributed by atoms with Gasteiger partial charge in [-0.05, 0) is 31.1 Å². The maximum absolute atomic E-state index is 12.5. The summed E-state index contributed by atoms with van der Waals surface area (Å²) < 4.78 is 5.46. The maximum Gasteiger partial charge on any atom is 0.410 e. The third-order valence-corrected chi connectivity index (χ3v) is 4.23. The van der Waals surface area contributed by atoms with Gasteiger partial charge in [0.05, 0.1) is 12.1 Å². The monoisotopic (exact) mass is 284 g/mol. The predicted octanol–water partition coefficient (Wildman–Crippen LogP) is 3.40. The minimum absolute atomic E-state index is 0.180. The minimum atomic E-state index is -0.193. The van der Waals surface area contributed by atoms with Crippen LogP contribution in [0, 0.1) is 11.8 Å². The van der Waals surface area contributed by atoms with E-state index in [4.69, 9.17) is 10.5 Å². The Bertz CT molecular complexity index is 307. The van der Waals surface area contributed by atoms with E-state index in [0.717, 1.165) is 32.2 Å². The molecule has 2 atom stereocenters. The third-order valence-electron chi connectivity index (χ3n) is 4.23. The van der Waals surface area contributed by atoms with Gasteiger partial charge in [-0.25, -0.2) is 4.79 Å². The Labute approximate surface area is 124 Å². The quantitative estimate of drug-likeness (QED) is 0.813. The highest BCUT2D eigenvalue weighted by molar-refractivity contribution is 5.69. The molecule has 4 heteroatoms. The van der Waals surface area contributed by atoms with Gasteiger partial charge < -0.3 is 15.4 Å². The molecular formula is C16H32N2O2. The first-order chi connectivity index (χ1) is 9.45. The fourth-order valence-electron chi connectivity index (χ4n) is 3.23. The highest BCUT2D eigenvalue weighted by Gasteiger charge is 2.41. The lowest BCUT2D eigenvalue weighted by molar-refractivity contribution is 0.0192. The van der Waals surface area contributed by atoms with Crippen molar-refractivity contribution in [2.45, 2.75) is 65.3 Å². The van der Waals surface area contributed by atoms with Crippen LogP contribution in [-0.2, 0) is 4.74 Å². The molecule has 4 nitrogen and oxygen atoms in total. The van der Waals surface area contributed by atoms with E-state index in [0.29, 0.717) is 25.0 Å². The molecule has 1 rings (SSSR count). The first-order valence-corrected chi connectivity index (χ1v) is 8.09. The molecule has 1 aliphatic rings. The largest absolute Gasteiger partial charge is 0.449 e. The summed E-state index contributed by atoms with van der Waals surface area (Å²) >= 11 is 0.